The topological polar surface area (TPSA) is 8.17 Å². The number of fused-ring (bicyclic) bond motifs is 5. The summed E-state index contributed by atoms with van der Waals surface area (Å²) in [5, 5.41) is 2.48. The Morgan fingerprint density at radius 3 is 1.80 bits per heavy atom. The van der Waals surface area contributed by atoms with Crippen molar-refractivity contribution in [3.63, 3.8) is 0 Å². The largest absolute Gasteiger partial charge is 0.310 e. The van der Waals surface area contributed by atoms with Crippen LogP contribution in [0.1, 0.15) is 35.1 Å². The summed E-state index contributed by atoms with van der Waals surface area (Å²) in [7, 11) is 0. The normalized spacial score (nSPS) is 14.5. The first kappa shape index (κ1) is 29.5. The van der Waals surface area contributed by atoms with E-state index in [1.807, 2.05) is 0 Å². The van der Waals surface area contributed by atoms with Gasteiger partial charge in [-0.15, -0.1) is 0 Å². The number of hydrogen-bond acceptors (Lipinski definition) is 1. The number of para-hydroxylation sites is 3. The number of rotatable bonds is 6. The van der Waals surface area contributed by atoms with Gasteiger partial charge in [0.25, 0.3) is 0 Å². The minimum Gasteiger partial charge on any atom is -0.310 e. The van der Waals surface area contributed by atoms with E-state index >= 15 is 0 Å². The van der Waals surface area contributed by atoms with Crippen molar-refractivity contribution in [1.29, 1.82) is 0 Å². The molecule has 0 bridgehead atoms. The van der Waals surface area contributed by atoms with Gasteiger partial charge in [-0.2, -0.15) is 0 Å². The highest BCUT2D eigenvalue weighted by Crippen LogP contribution is 2.58. The number of anilines is 3. The summed E-state index contributed by atoms with van der Waals surface area (Å²) < 4.78 is 2.38. The zero-order valence-electron chi connectivity index (χ0n) is 28.3. The molecule has 242 valence electrons. The maximum atomic E-state index is 2.48. The molecule has 2 nitrogen and oxygen atoms in total. The van der Waals surface area contributed by atoms with Crippen molar-refractivity contribution in [3.05, 3.63) is 222 Å². The van der Waals surface area contributed by atoms with Gasteiger partial charge in [0.2, 0.25) is 0 Å². The Balaban J connectivity index is 1.23. The van der Waals surface area contributed by atoms with Gasteiger partial charge in [-0.3, -0.25) is 0 Å². The Kier molecular flexibility index (Phi) is 6.89. The van der Waals surface area contributed by atoms with Gasteiger partial charge < -0.3 is 9.47 Å². The lowest BCUT2D eigenvalue weighted by Gasteiger charge is -2.36. The maximum Gasteiger partial charge on any atom is 0.0710 e. The van der Waals surface area contributed by atoms with E-state index in [2.05, 4.69) is 204 Å². The van der Waals surface area contributed by atoms with Crippen molar-refractivity contribution >= 4 is 44.4 Å². The molecule has 2 aliphatic rings. The molecule has 8 aromatic rings. The maximum absolute atomic E-state index is 2.48. The van der Waals surface area contributed by atoms with Crippen molar-refractivity contribution in [2.75, 3.05) is 4.90 Å². The molecule has 0 spiro atoms. The van der Waals surface area contributed by atoms with Crippen LogP contribution in [0.3, 0.4) is 0 Å². The third kappa shape index (κ3) is 4.50. The molecule has 7 aromatic carbocycles. The van der Waals surface area contributed by atoms with Crippen molar-refractivity contribution in [3.8, 4) is 5.69 Å². The quantitative estimate of drug-likeness (QED) is 0.174. The van der Waals surface area contributed by atoms with Crippen molar-refractivity contribution in [2.45, 2.75) is 18.3 Å². The molecule has 1 heterocycles. The van der Waals surface area contributed by atoms with E-state index in [-0.39, 0.29) is 0 Å². The fraction of sp³-hybridized carbons (Fsp3) is 0.0612. The minimum atomic E-state index is -0.421. The Morgan fingerprint density at radius 2 is 1.08 bits per heavy atom. The van der Waals surface area contributed by atoms with Crippen molar-refractivity contribution in [2.24, 2.45) is 0 Å². The molecular formula is C49H36N2. The van der Waals surface area contributed by atoms with E-state index in [0.717, 1.165) is 29.9 Å². The standard InChI is InChI=1S/C49H36N2/c1-5-17-35(18-6-1)49(36-19-7-2-8-20-36)45-27-15-13-25-41(45)42-31-29-40(34-46(42)49)50(37-21-9-3-10-22-37)39-30-32-48-44(33-39)43-26-14-16-28-47(43)51(48)38-23-11-4-12-24-38/h1-12,14-24,26-34H,13,25H2. The van der Waals surface area contributed by atoms with Gasteiger partial charge >= 0.3 is 0 Å². The molecule has 2 aliphatic carbocycles. The van der Waals surface area contributed by atoms with Gasteiger partial charge in [0.05, 0.1) is 16.4 Å². The van der Waals surface area contributed by atoms with E-state index in [1.54, 1.807) is 0 Å². The first-order valence-electron chi connectivity index (χ1n) is 17.9. The van der Waals surface area contributed by atoms with Crippen LogP contribution in [-0.2, 0) is 5.41 Å². The van der Waals surface area contributed by atoms with Crippen molar-refractivity contribution in [1.82, 2.24) is 4.57 Å². The molecule has 2 heteroatoms. The number of allylic oxidation sites excluding steroid dienone is 4. The summed E-state index contributed by atoms with van der Waals surface area (Å²) >= 11 is 0. The molecule has 0 aliphatic heterocycles. The second-order valence-electron chi connectivity index (χ2n) is 13.6. The highest BCUT2D eigenvalue weighted by atomic mass is 15.1. The molecule has 0 atom stereocenters. The van der Waals surface area contributed by atoms with Crippen molar-refractivity contribution < 1.29 is 0 Å². The van der Waals surface area contributed by atoms with Crippen LogP contribution in [0.4, 0.5) is 17.1 Å². The van der Waals surface area contributed by atoms with Crippen LogP contribution in [0.5, 0.6) is 0 Å². The Labute approximate surface area is 298 Å². The second-order valence-corrected chi connectivity index (χ2v) is 13.6. The number of nitrogens with zero attached hydrogens (tertiary/aromatic N) is 2. The van der Waals surface area contributed by atoms with Gasteiger partial charge in [0, 0.05) is 33.5 Å². The second kappa shape index (κ2) is 11.9. The molecule has 0 unspecified atom stereocenters. The van der Waals surface area contributed by atoms with E-state index in [9.17, 15) is 0 Å². The summed E-state index contributed by atoms with van der Waals surface area (Å²) in [4.78, 5) is 2.43. The van der Waals surface area contributed by atoms with Gasteiger partial charge in [0.15, 0.2) is 0 Å². The van der Waals surface area contributed by atoms with Gasteiger partial charge in [-0.25, -0.2) is 0 Å². The number of aromatic nitrogens is 1. The van der Waals surface area contributed by atoms with Crippen LogP contribution in [0.15, 0.2) is 200 Å². The molecular weight excluding hydrogens is 617 g/mol. The predicted octanol–water partition coefficient (Wildman–Crippen LogP) is 12.7. The average Bonchev–Trinajstić information content (AvgIpc) is 3.70. The molecule has 0 N–H and O–H groups in total. The van der Waals surface area contributed by atoms with Crippen LogP contribution in [0.25, 0.3) is 33.1 Å². The monoisotopic (exact) mass is 652 g/mol. The molecule has 0 fully saturated rings. The molecule has 51 heavy (non-hydrogen) atoms. The Bertz CT molecular complexity index is 2570. The summed E-state index contributed by atoms with van der Waals surface area (Å²) in [5.74, 6) is 0. The number of benzene rings is 7. The van der Waals surface area contributed by atoms with E-state index < -0.39 is 5.41 Å². The highest BCUT2D eigenvalue weighted by Gasteiger charge is 2.47. The van der Waals surface area contributed by atoms with Gasteiger partial charge in [0.1, 0.15) is 0 Å². The smallest absolute Gasteiger partial charge is 0.0710 e. The molecule has 0 saturated carbocycles. The summed E-state index contributed by atoms with van der Waals surface area (Å²) in [6.07, 6.45) is 6.88. The van der Waals surface area contributed by atoms with Crippen LogP contribution < -0.4 is 4.90 Å². The fourth-order valence-electron chi connectivity index (χ4n) is 8.83. The van der Waals surface area contributed by atoms with E-state index in [4.69, 9.17) is 0 Å². The third-order valence-electron chi connectivity index (χ3n) is 10.9. The molecule has 0 radical (unpaired) electrons. The lowest BCUT2D eigenvalue weighted by atomic mass is 9.66. The van der Waals surface area contributed by atoms with Gasteiger partial charge in [-0.05, 0) is 107 Å². The minimum absolute atomic E-state index is 0.421. The van der Waals surface area contributed by atoms with E-state index in [0.29, 0.717) is 0 Å². The SMILES string of the molecule is C1=CC2=C(CC1)c1ccc(N(c3ccccc3)c3ccc4c(c3)c3ccccc3n4-c3ccccc3)cc1C2(c1ccccc1)c1ccccc1. The molecule has 0 amide bonds. The number of hydrogen-bond donors (Lipinski definition) is 0. The Morgan fingerprint density at radius 1 is 0.490 bits per heavy atom. The van der Waals surface area contributed by atoms with Crippen LogP contribution in [-0.4, -0.2) is 4.57 Å². The van der Waals surface area contributed by atoms with E-state index in [1.165, 1.54) is 60.9 Å². The zero-order chi connectivity index (χ0) is 33.8. The summed E-state index contributed by atoms with van der Waals surface area (Å²) in [6.45, 7) is 0. The first-order chi connectivity index (χ1) is 25.3. The molecule has 0 saturated heterocycles. The van der Waals surface area contributed by atoms with Crippen LogP contribution in [0, 0.1) is 0 Å². The van der Waals surface area contributed by atoms with Crippen LogP contribution in [0.2, 0.25) is 0 Å². The third-order valence-corrected chi connectivity index (χ3v) is 10.9. The molecule has 10 rings (SSSR count). The Hall–Kier alpha value is -6.38. The lowest BCUT2D eigenvalue weighted by molar-refractivity contribution is 0.756. The molecule has 1 aromatic heterocycles. The van der Waals surface area contributed by atoms with Crippen LogP contribution >= 0.6 is 0 Å². The highest BCUT2D eigenvalue weighted by molar-refractivity contribution is 6.10. The summed E-state index contributed by atoms with van der Waals surface area (Å²) in [6, 6.07) is 66.7. The summed E-state index contributed by atoms with van der Waals surface area (Å²) in [5.41, 5.74) is 14.7. The fourth-order valence-corrected chi connectivity index (χ4v) is 8.83. The predicted molar refractivity (Wildman–Crippen MR) is 214 cm³/mol. The zero-order valence-corrected chi connectivity index (χ0v) is 28.3. The van der Waals surface area contributed by atoms with Gasteiger partial charge in [-0.1, -0.05) is 133 Å². The lowest BCUT2D eigenvalue weighted by Crippen LogP contribution is -2.29. The first-order valence-corrected chi connectivity index (χ1v) is 17.9. The average molecular weight is 653 g/mol.